The van der Waals surface area contributed by atoms with Gasteiger partial charge >= 0.3 is 0 Å². The van der Waals surface area contributed by atoms with Crippen molar-refractivity contribution >= 4 is 11.6 Å². The van der Waals surface area contributed by atoms with Crippen molar-refractivity contribution in [2.75, 3.05) is 5.32 Å². The standard InChI is InChI=1S/C13H19FN2O2/c1-7(2)12(13(17)16-18)15-10-5-8(3)11(14)9(4)6-10/h5-7,12,15,18H,1-4H3,(H,16,17)/t12-/m0/s1. The minimum Gasteiger partial charge on any atom is -0.373 e. The Kier molecular flexibility index (Phi) is 4.67. The molecule has 0 saturated heterocycles. The fourth-order valence-corrected chi connectivity index (χ4v) is 1.81. The molecule has 1 aromatic carbocycles. The summed E-state index contributed by atoms with van der Waals surface area (Å²) in [6.45, 7) is 7.06. The van der Waals surface area contributed by atoms with Gasteiger partial charge in [-0.05, 0) is 43.0 Å². The van der Waals surface area contributed by atoms with Crippen molar-refractivity contribution in [3.63, 3.8) is 0 Å². The zero-order chi connectivity index (χ0) is 13.9. The Hall–Kier alpha value is -1.62. The molecule has 5 heteroatoms. The van der Waals surface area contributed by atoms with Crippen LogP contribution in [0.15, 0.2) is 12.1 Å². The second kappa shape index (κ2) is 5.82. The van der Waals surface area contributed by atoms with E-state index in [1.54, 1.807) is 31.5 Å². The maximum atomic E-state index is 13.5. The lowest BCUT2D eigenvalue weighted by molar-refractivity contribution is -0.130. The highest BCUT2D eigenvalue weighted by atomic mass is 19.1. The fourth-order valence-electron chi connectivity index (χ4n) is 1.81. The van der Waals surface area contributed by atoms with Gasteiger partial charge in [0, 0.05) is 5.69 Å². The quantitative estimate of drug-likeness (QED) is 0.571. The molecule has 0 aliphatic heterocycles. The van der Waals surface area contributed by atoms with Gasteiger partial charge in [0.1, 0.15) is 11.9 Å². The fraction of sp³-hybridized carbons (Fsp3) is 0.462. The van der Waals surface area contributed by atoms with Gasteiger partial charge in [-0.25, -0.2) is 9.87 Å². The van der Waals surface area contributed by atoms with Crippen molar-refractivity contribution in [2.24, 2.45) is 5.92 Å². The normalized spacial score (nSPS) is 12.4. The molecule has 0 fully saturated rings. The van der Waals surface area contributed by atoms with E-state index in [0.29, 0.717) is 16.8 Å². The van der Waals surface area contributed by atoms with Crippen LogP contribution in [0, 0.1) is 25.6 Å². The summed E-state index contributed by atoms with van der Waals surface area (Å²) in [5, 5.41) is 11.7. The molecule has 0 aliphatic carbocycles. The van der Waals surface area contributed by atoms with Gasteiger partial charge in [-0.15, -0.1) is 0 Å². The van der Waals surface area contributed by atoms with Gasteiger partial charge in [0.05, 0.1) is 0 Å². The lowest BCUT2D eigenvalue weighted by atomic mass is 10.0. The number of anilines is 1. The first-order chi connectivity index (χ1) is 8.36. The van der Waals surface area contributed by atoms with Gasteiger partial charge in [0.15, 0.2) is 0 Å². The topological polar surface area (TPSA) is 61.4 Å². The molecule has 0 aliphatic rings. The summed E-state index contributed by atoms with van der Waals surface area (Å²) < 4.78 is 13.5. The summed E-state index contributed by atoms with van der Waals surface area (Å²) in [6, 6.07) is 2.71. The number of rotatable bonds is 4. The van der Waals surface area contributed by atoms with Crippen LogP contribution in [0.3, 0.4) is 0 Å². The number of carbonyl (C=O) groups is 1. The number of hydroxylamine groups is 1. The molecule has 0 radical (unpaired) electrons. The number of halogens is 1. The van der Waals surface area contributed by atoms with Crippen LogP contribution < -0.4 is 10.8 Å². The number of aryl methyl sites for hydroxylation is 2. The highest BCUT2D eigenvalue weighted by Gasteiger charge is 2.21. The molecule has 1 aromatic rings. The minimum absolute atomic E-state index is 0.0113. The monoisotopic (exact) mass is 254 g/mol. The second-order valence-corrected chi connectivity index (χ2v) is 4.77. The molecule has 1 rings (SSSR count). The van der Waals surface area contributed by atoms with Gasteiger partial charge in [0.25, 0.3) is 5.91 Å². The first kappa shape index (κ1) is 14.4. The molecular weight excluding hydrogens is 235 g/mol. The third kappa shape index (κ3) is 3.20. The highest BCUT2D eigenvalue weighted by Crippen LogP contribution is 2.20. The van der Waals surface area contributed by atoms with E-state index in [2.05, 4.69) is 5.32 Å². The number of carbonyl (C=O) groups excluding carboxylic acids is 1. The predicted octanol–water partition coefficient (Wildman–Crippen LogP) is 2.38. The van der Waals surface area contributed by atoms with E-state index in [0.717, 1.165) is 0 Å². The third-order valence-corrected chi connectivity index (χ3v) is 2.82. The summed E-state index contributed by atoms with van der Waals surface area (Å²) in [4.78, 5) is 11.5. The third-order valence-electron chi connectivity index (χ3n) is 2.82. The van der Waals surface area contributed by atoms with Crippen molar-refractivity contribution in [2.45, 2.75) is 33.7 Å². The number of nitrogens with one attached hydrogen (secondary N) is 2. The Bertz CT molecular complexity index is 424. The number of hydrogen-bond acceptors (Lipinski definition) is 3. The Morgan fingerprint density at radius 2 is 1.78 bits per heavy atom. The van der Waals surface area contributed by atoms with E-state index in [-0.39, 0.29) is 11.7 Å². The van der Waals surface area contributed by atoms with E-state index < -0.39 is 11.9 Å². The van der Waals surface area contributed by atoms with Crippen LogP contribution in [0.4, 0.5) is 10.1 Å². The smallest absolute Gasteiger partial charge is 0.266 e. The van der Waals surface area contributed by atoms with E-state index in [4.69, 9.17) is 5.21 Å². The van der Waals surface area contributed by atoms with E-state index >= 15 is 0 Å². The molecule has 0 bridgehead atoms. The average Bonchev–Trinajstić information content (AvgIpc) is 2.31. The van der Waals surface area contributed by atoms with E-state index in [1.165, 1.54) is 0 Å². The average molecular weight is 254 g/mol. The summed E-state index contributed by atoms with van der Waals surface area (Å²) in [6.07, 6.45) is 0. The number of hydrogen-bond donors (Lipinski definition) is 3. The summed E-state index contributed by atoms with van der Waals surface area (Å²) in [7, 11) is 0. The lowest BCUT2D eigenvalue weighted by Gasteiger charge is -2.22. The Morgan fingerprint density at radius 3 is 2.17 bits per heavy atom. The molecule has 0 heterocycles. The van der Waals surface area contributed by atoms with Crippen molar-refractivity contribution in [3.05, 3.63) is 29.1 Å². The Labute approximate surface area is 106 Å². The van der Waals surface area contributed by atoms with Crippen LogP contribution in [0.1, 0.15) is 25.0 Å². The van der Waals surface area contributed by atoms with Crippen molar-refractivity contribution < 1.29 is 14.4 Å². The Morgan fingerprint density at radius 1 is 1.28 bits per heavy atom. The van der Waals surface area contributed by atoms with Crippen LogP contribution in [-0.4, -0.2) is 17.2 Å². The number of benzene rings is 1. The van der Waals surface area contributed by atoms with Gasteiger partial charge in [0.2, 0.25) is 0 Å². The summed E-state index contributed by atoms with van der Waals surface area (Å²) in [5.74, 6) is -0.763. The van der Waals surface area contributed by atoms with Gasteiger partial charge < -0.3 is 5.32 Å². The number of amides is 1. The lowest BCUT2D eigenvalue weighted by Crippen LogP contribution is -2.41. The molecule has 0 spiro atoms. The molecule has 3 N–H and O–H groups in total. The second-order valence-electron chi connectivity index (χ2n) is 4.77. The largest absolute Gasteiger partial charge is 0.373 e. The van der Waals surface area contributed by atoms with Crippen molar-refractivity contribution in [1.82, 2.24) is 5.48 Å². The van der Waals surface area contributed by atoms with Crippen LogP contribution >= 0.6 is 0 Å². The highest BCUT2D eigenvalue weighted by molar-refractivity contribution is 5.83. The zero-order valence-electron chi connectivity index (χ0n) is 11.0. The zero-order valence-corrected chi connectivity index (χ0v) is 11.0. The predicted molar refractivity (Wildman–Crippen MR) is 68.1 cm³/mol. The summed E-state index contributed by atoms with van der Waals surface area (Å²) in [5.41, 5.74) is 3.33. The molecule has 1 amide bonds. The SMILES string of the molecule is Cc1cc(N[C@H](C(=O)NO)C(C)C)cc(C)c1F. The van der Waals surface area contributed by atoms with Crippen molar-refractivity contribution in [3.8, 4) is 0 Å². The molecule has 0 unspecified atom stereocenters. The first-order valence-electron chi connectivity index (χ1n) is 5.84. The molecule has 4 nitrogen and oxygen atoms in total. The molecule has 100 valence electrons. The van der Waals surface area contributed by atoms with Crippen molar-refractivity contribution in [1.29, 1.82) is 0 Å². The van der Waals surface area contributed by atoms with Crippen LogP contribution in [-0.2, 0) is 4.79 Å². The van der Waals surface area contributed by atoms with E-state index in [1.807, 2.05) is 13.8 Å². The molecule has 0 saturated carbocycles. The Balaban J connectivity index is 2.98. The summed E-state index contributed by atoms with van der Waals surface area (Å²) >= 11 is 0. The molecule has 18 heavy (non-hydrogen) atoms. The molecule has 1 atom stereocenters. The van der Waals surface area contributed by atoms with Gasteiger partial charge in [-0.3, -0.25) is 10.0 Å². The van der Waals surface area contributed by atoms with Crippen LogP contribution in [0.5, 0.6) is 0 Å². The maximum absolute atomic E-state index is 13.5. The molecular formula is C13H19FN2O2. The van der Waals surface area contributed by atoms with Crippen LogP contribution in [0.25, 0.3) is 0 Å². The molecule has 0 aromatic heterocycles. The van der Waals surface area contributed by atoms with Crippen LogP contribution in [0.2, 0.25) is 0 Å². The van der Waals surface area contributed by atoms with E-state index in [9.17, 15) is 9.18 Å². The van der Waals surface area contributed by atoms with Gasteiger partial charge in [-0.2, -0.15) is 0 Å². The van der Waals surface area contributed by atoms with Gasteiger partial charge in [-0.1, -0.05) is 13.8 Å². The maximum Gasteiger partial charge on any atom is 0.266 e. The first-order valence-corrected chi connectivity index (χ1v) is 5.84. The minimum atomic E-state index is -0.570.